The largest absolute Gasteiger partial charge is 0.467 e. The van der Waals surface area contributed by atoms with Gasteiger partial charge in [0.15, 0.2) is 0 Å². The van der Waals surface area contributed by atoms with Crippen LogP contribution in [0, 0.1) is 0 Å². The third-order valence-electron chi connectivity index (χ3n) is 6.80. The van der Waals surface area contributed by atoms with Crippen molar-refractivity contribution >= 4 is 23.3 Å². The van der Waals surface area contributed by atoms with Gasteiger partial charge >= 0.3 is 12.2 Å². The Hall–Kier alpha value is -4.47. The number of carbonyl (C=O) groups excluding carboxylic acids is 2. The van der Waals surface area contributed by atoms with Gasteiger partial charge in [0.25, 0.3) is 0 Å². The third kappa shape index (κ3) is 4.31. The highest BCUT2D eigenvalue weighted by Gasteiger charge is 2.41. The molecule has 0 spiro atoms. The summed E-state index contributed by atoms with van der Waals surface area (Å²) in [7, 11) is 0. The van der Waals surface area contributed by atoms with Crippen LogP contribution in [0.2, 0.25) is 0 Å². The Labute approximate surface area is 216 Å². The molecule has 1 unspecified atom stereocenters. The number of nitrogens with one attached hydrogen (secondary N) is 1. The van der Waals surface area contributed by atoms with Gasteiger partial charge in [0.05, 0.1) is 28.9 Å². The lowest BCUT2D eigenvalue weighted by molar-refractivity contribution is -0.137. The summed E-state index contributed by atoms with van der Waals surface area (Å²) < 4.78 is 47.2. The van der Waals surface area contributed by atoms with E-state index in [0.29, 0.717) is 24.3 Å². The first-order valence-corrected chi connectivity index (χ1v) is 12.2. The molecule has 0 saturated heterocycles. The topological polar surface area (TPSA) is 70.7 Å². The fourth-order valence-electron chi connectivity index (χ4n) is 4.92. The summed E-state index contributed by atoms with van der Waals surface area (Å²) in [5, 5.41) is 2.55. The predicted molar refractivity (Wildman–Crippen MR) is 134 cm³/mol. The van der Waals surface area contributed by atoms with Gasteiger partial charge in [-0.05, 0) is 67.4 Å². The van der Waals surface area contributed by atoms with Crippen molar-refractivity contribution in [2.45, 2.75) is 31.1 Å². The highest BCUT2D eigenvalue weighted by molar-refractivity contribution is 6.01. The number of alkyl halides is 3. The first-order valence-electron chi connectivity index (χ1n) is 12.2. The Kier molecular flexibility index (Phi) is 5.74. The molecule has 0 radical (unpaired) electrons. The first kappa shape index (κ1) is 23.9. The van der Waals surface area contributed by atoms with Crippen molar-refractivity contribution in [2.75, 3.05) is 16.8 Å². The Morgan fingerprint density at radius 2 is 1.76 bits per heavy atom. The smallest absolute Gasteiger partial charge is 0.416 e. The Morgan fingerprint density at radius 3 is 2.47 bits per heavy atom. The van der Waals surface area contributed by atoms with E-state index >= 15 is 0 Å². The zero-order valence-electron chi connectivity index (χ0n) is 20.1. The van der Waals surface area contributed by atoms with E-state index in [1.54, 1.807) is 23.3 Å². The number of fused-ring (bicyclic) bond motifs is 3. The number of carbonyl (C=O) groups is 2. The maximum atomic E-state index is 14.0. The van der Waals surface area contributed by atoms with Crippen LogP contribution in [0.1, 0.15) is 35.9 Å². The van der Waals surface area contributed by atoms with E-state index in [1.807, 2.05) is 47.2 Å². The maximum absolute atomic E-state index is 14.0. The lowest BCUT2D eigenvalue weighted by Crippen LogP contribution is -2.48. The standard InChI is InChI=1S/C28H23F3N4O3/c29-28(30,31)18-6-3-7-19(16-18)32-27(37)34(20-12-13-20)17-25(36)35-22-9-2-1-8-21(22)33-14-4-10-23(33)26(35)24-11-5-15-38-24/h1-11,14-16,20,26H,12-13,17H2,(H,32,37). The van der Waals surface area contributed by atoms with Gasteiger partial charge in [-0.3, -0.25) is 9.69 Å². The number of hydrogen-bond donors (Lipinski definition) is 1. The molecule has 38 heavy (non-hydrogen) atoms. The number of aromatic nitrogens is 1. The van der Waals surface area contributed by atoms with Gasteiger partial charge in [-0.25, -0.2) is 4.79 Å². The van der Waals surface area contributed by atoms with E-state index in [0.717, 1.165) is 23.5 Å². The van der Waals surface area contributed by atoms with E-state index in [4.69, 9.17) is 4.42 Å². The lowest BCUT2D eigenvalue weighted by Gasteiger charge is -2.38. The summed E-state index contributed by atoms with van der Waals surface area (Å²) in [4.78, 5) is 30.3. The number of halogens is 3. The predicted octanol–water partition coefficient (Wildman–Crippen LogP) is 6.22. The van der Waals surface area contributed by atoms with Crippen LogP contribution < -0.4 is 10.2 Å². The Bertz CT molecular complexity index is 1490. The van der Waals surface area contributed by atoms with Crippen molar-refractivity contribution in [3.63, 3.8) is 0 Å². The van der Waals surface area contributed by atoms with Crippen molar-refractivity contribution in [2.24, 2.45) is 0 Å². The third-order valence-corrected chi connectivity index (χ3v) is 6.80. The molecule has 6 rings (SSSR count). The molecule has 10 heteroatoms. The molecular formula is C28H23F3N4O3. The monoisotopic (exact) mass is 520 g/mol. The molecule has 2 aromatic heterocycles. The molecule has 1 saturated carbocycles. The number of nitrogens with zero attached hydrogens (tertiary/aromatic N) is 3. The molecular weight excluding hydrogens is 497 g/mol. The van der Waals surface area contributed by atoms with E-state index in [1.165, 1.54) is 17.0 Å². The van der Waals surface area contributed by atoms with Gasteiger partial charge in [0.1, 0.15) is 18.3 Å². The number of rotatable bonds is 5. The van der Waals surface area contributed by atoms with Gasteiger partial charge in [-0.2, -0.15) is 13.2 Å². The second-order valence-electron chi connectivity index (χ2n) is 9.34. The van der Waals surface area contributed by atoms with Crippen molar-refractivity contribution in [3.05, 3.63) is 102 Å². The fraction of sp³-hybridized carbons (Fsp3) is 0.214. The maximum Gasteiger partial charge on any atom is 0.416 e. The second kappa shape index (κ2) is 9.13. The zero-order valence-corrected chi connectivity index (χ0v) is 20.1. The molecule has 1 aliphatic heterocycles. The number of amides is 3. The highest BCUT2D eigenvalue weighted by atomic mass is 19.4. The molecule has 1 N–H and O–H groups in total. The molecule has 1 aliphatic carbocycles. The summed E-state index contributed by atoms with van der Waals surface area (Å²) in [5.41, 5.74) is 1.46. The number of benzene rings is 2. The molecule has 0 bridgehead atoms. The minimum atomic E-state index is -4.53. The van der Waals surface area contributed by atoms with Gasteiger partial charge in [0, 0.05) is 17.9 Å². The molecule has 194 valence electrons. The van der Waals surface area contributed by atoms with E-state index in [2.05, 4.69) is 5.32 Å². The van der Waals surface area contributed by atoms with E-state index in [-0.39, 0.29) is 24.2 Å². The summed E-state index contributed by atoms with van der Waals surface area (Å²) in [5.74, 6) is 0.233. The average Bonchev–Trinajstić information content (AvgIpc) is 3.36. The van der Waals surface area contributed by atoms with Crippen LogP contribution in [0.3, 0.4) is 0 Å². The summed E-state index contributed by atoms with van der Waals surface area (Å²) in [6, 6.07) is 18.0. The highest BCUT2D eigenvalue weighted by Crippen LogP contribution is 2.42. The van der Waals surface area contributed by atoms with Crippen molar-refractivity contribution in [1.82, 2.24) is 9.47 Å². The molecule has 2 aliphatic rings. The van der Waals surface area contributed by atoms with E-state index < -0.39 is 23.8 Å². The normalized spacial score (nSPS) is 16.5. The molecule has 4 aromatic rings. The molecule has 1 atom stereocenters. The van der Waals surface area contributed by atoms with Crippen LogP contribution in [0.5, 0.6) is 0 Å². The van der Waals surface area contributed by atoms with Crippen molar-refractivity contribution in [1.29, 1.82) is 0 Å². The number of urea groups is 1. The Morgan fingerprint density at radius 1 is 0.974 bits per heavy atom. The SMILES string of the molecule is O=C(Nc1cccc(C(F)(F)F)c1)N(CC(=O)N1c2ccccc2-n2cccc2C1c1ccco1)C1CC1. The van der Waals surface area contributed by atoms with E-state index in [9.17, 15) is 22.8 Å². The van der Waals surface area contributed by atoms with Crippen LogP contribution in [0.25, 0.3) is 5.69 Å². The van der Waals surface area contributed by atoms with Crippen LogP contribution in [0.4, 0.5) is 29.3 Å². The fourth-order valence-corrected chi connectivity index (χ4v) is 4.92. The number of anilines is 2. The average molecular weight is 521 g/mol. The van der Waals surface area contributed by atoms with Crippen LogP contribution >= 0.6 is 0 Å². The molecule has 3 amide bonds. The van der Waals surface area contributed by atoms with Crippen molar-refractivity contribution in [3.8, 4) is 5.69 Å². The Balaban J connectivity index is 1.31. The lowest BCUT2D eigenvalue weighted by atomic mass is 10.0. The summed E-state index contributed by atoms with van der Waals surface area (Å²) >= 11 is 0. The number of para-hydroxylation sites is 2. The zero-order chi connectivity index (χ0) is 26.4. The van der Waals surface area contributed by atoms with Gasteiger partial charge in [0.2, 0.25) is 5.91 Å². The van der Waals surface area contributed by atoms with Crippen LogP contribution in [0.15, 0.2) is 89.7 Å². The molecule has 3 heterocycles. The molecule has 1 fully saturated rings. The minimum absolute atomic E-state index is 0.0116. The van der Waals surface area contributed by atoms with Crippen molar-refractivity contribution < 1.29 is 27.2 Å². The number of hydrogen-bond acceptors (Lipinski definition) is 3. The number of furan rings is 1. The second-order valence-corrected chi connectivity index (χ2v) is 9.34. The van der Waals surface area contributed by atoms with Gasteiger partial charge in [-0.1, -0.05) is 18.2 Å². The first-order chi connectivity index (χ1) is 18.3. The van der Waals surface area contributed by atoms with Gasteiger partial charge in [-0.15, -0.1) is 0 Å². The summed E-state index contributed by atoms with van der Waals surface area (Å²) in [6.45, 7) is -0.248. The summed E-state index contributed by atoms with van der Waals surface area (Å²) in [6.07, 6.45) is 0.359. The quantitative estimate of drug-likeness (QED) is 0.340. The van der Waals surface area contributed by atoms with Gasteiger partial charge < -0.3 is 19.2 Å². The molecule has 7 nitrogen and oxygen atoms in total. The molecule has 2 aromatic carbocycles. The van der Waals surface area contributed by atoms with Crippen LogP contribution in [-0.2, 0) is 11.0 Å². The minimum Gasteiger partial charge on any atom is -0.467 e. The van der Waals surface area contributed by atoms with Crippen LogP contribution in [-0.4, -0.2) is 34.0 Å².